The van der Waals surface area contributed by atoms with Gasteiger partial charge < -0.3 is 34.1 Å². The molecule has 5 rings (SSSR count). The van der Waals surface area contributed by atoms with E-state index >= 15 is 0 Å². The Morgan fingerprint density at radius 2 is 1.52 bits per heavy atom. The molecule has 1 aromatic carbocycles. The number of esters is 4. The van der Waals surface area contributed by atoms with Gasteiger partial charge in [-0.25, -0.2) is 18.0 Å². The van der Waals surface area contributed by atoms with E-state index in [0.717, 1.165) is 4.90 Å². The molecule has 4 aliphatic heterocycles. The van der Waals surface area contributed by atoms with E-state index in [1.165, 1.54) is 30.5 Å². The van der Waals surface area contributed by atoms with Crippen LogP contribution < -0.4 is 5.32 Å². The molecule has 19 nitrogen and oxygen atoms in total. The number of fused-ring (bicyclic) bond motifs is 2. The Balaban J connectivity index is 1.01. The summed E-state index contributed by atoms with van der Waals surface area (Å²) in [6, 6.07) is 3.66. The van der Waals surface area contributed by atoms with Gasteiger partial charge in [0.05, 0.1) is 11.2 Å². The third kappa shape index (κ3) is 6.99. The first-order valence-electron chi connectivity index (χ1n) is 16.0. The number of hydrogen-bond acceptors (Lipinski definition) is 15. The highest BCUT2D eigenvalue weighted by molar-refractivity contribution is 8.01. The van der Waals surface area contributed by atoms with Crippen LogP contribution in [0.25, 0.3) is 10.4 Å². The van der Waals surface area contributed by atoms with E-state index in [2.05, 4.69) is 15.3 Å². The van der Waals surface area contributed by atoms with Crippen molar-refractivity contribution in [1.82, 2.24) is 15.1 Å². The van der Waals surface area contributed by atoms with Gasteiger partial charge in [-0.2, -0.15) is 0 Å². The smallest absolute Gasteiger partial charge is 0.333 e. The molecule has 4 aliphatic rings. The summed E-state index contributed by atoms with van der Waals surface area (Å²) in [7, 11) is -3.81. The van der Waals surface area contributed by atoms with Crippen LogP contribution in [-0.2, 0) is 62.3 Å². The van der Waals surface area contributed by atoms with E-state index < -0.39 is 109 Å². The molecule has 1 aromatic rings. The minimum atomic E-state index is -3.81. The highest BCUT2D eigenvalue weighted by Gasteiger charge is 2.68. The van der Waals surface area contributed by atoms with Gasteiger partial charge in [0.25, 0.3) is 0 Å². The predicted octanol–water partition coefficient (Wildman–Crippen LogP) is 0.977. The van der Waals surface area contributed by atoms with Gasteiger partial charge in [0, 0.05) is 22.5 Å². The Bertz CT molecular complexity index is 1830. The van der Waals surface area contributed by atoms with Crippen molar-refractivity contribution in [1.29, 1.82) is 0 Å². The molecule has 4 saturated heterocycles. The molecule has 52 heavy (non-hydrogen) atoms. The first-order valence-corrected chi connectivity index (χ1v) is 18.4. The molecule has 21 heteroatoms. The Hall–Kier alpha value is -4.88. The summed E-state index contributed by atoms with van der Waals surface area (Å²) in [5, 5.41) is 4.48. The molecule has 0 aromatic heterocycles. The maximum atomic E-state index is 13.1. The fourth-order valence-corrected chi connectivity index (χ4v) is 10.3. The lowest BCUT2D eigenvalue weighted by Crippen LogP contribution is -2.71. The van der Waals surface area contributed by atoms with Crippen molar-refractivity contribution in [2.24, 2.45) is 5.11 Å². The fourth-order valence-electron chi connectivity index (χ4n) is 6.51. The molecule has 4 heterocycles. The maximum absolute atomic E-state index is 13.1. The van der Waals surface area contributed by atoms with Gasteiger partial charge in [0.15, 0.2) is 9.84 Å². The monoisotopic (exact) mass is 764 g/mol. The second kappa shape index (κ2) is 14.6. The molecule has 4 fully saturated rings. The first kappa shape index (κ1) is 38.4. The van der Waals surface area contributed by atoms with Crippen LogP contribution in [0.5, 0.6) is 0 Å². The number of hydrogen-bond donors (Lipinski definition) is 1. The maximum Gasteiger partial charge on any atom is 0.333 e. The van der Waals surface area contributed by atoms with Crippen molar-refractivity contribution in [3.8, 4) is 0 Å². The number of β-lactam (4-membered cyclic amide) rings is 2. The van der Waals surface area contributed by atoms with Crippen molar-refractivity contribution in [2.45, 2.75) is 97.8 Å². The van der Waals surface area contributed by atoms with Gasteiger partial charge in [-0.1, -0.05) is 35.4 Å². The lowest BCUT2D eigenvalue weighted by Gasteiger charge is -2.44. The zero-order valence-electron chi connectivity index (χ0n) is 28.5. The van der Waals surface area contributed by atoms with Crippen molar-refractivity contribution >= 4 is 63.2 Å². The minimum Gasteiger partial charge on any atom is -0.428 e. The lowest BCUT2D eigenvalue weighted by molar-refractivity contribution is -0.176. The van der Waals surface area contributed by atoms with Gasteiger partial charge in [-0.3, -0.25) is 24.0 Å². The summed E-state index contributed by atoms with van der Waals surface area (Å²) in [4.78, 5) is 92.9. The zero-order chi connectivity index (χ0) is 38.2. The van der Waals surface area contributed by atoms with Crippen LogP contribution in [0.4, 0.5) is 0 Å². The molecular weight excluding hydrogens is 729 g/mol. The van der Waals surface area contributed by atoms with Crippen molar-refractivity contribution in [3.63, 3.8) is 0 Å². The highest BCUT2D eigenvalue weighted by atomic mass is 32.2. The quantitative estimate of drug-likeness (QED) is 0.0692. The largest absolute Gasteiger partial charge is 0.428 e. The second-order valence-electron chi connectivity index (χ2n) is 13.3. The van der Waals surface area contributed by atoms with Gasteiger partial charge in [0.1, 0.15) is 34.9 Å². The van der Waals surface area contributed by atoms with E-state index in [4.69, 9.17) is 24.5 Å². The van der Waals surface area contributed by atoms with Crippen LogP contribution in [-0.4, -0.2) is 112 Å². The molecule has 280 valence electrons. The Morgan fingerprint density at radius 3 is 2.08 bits per heavy atom. The summed E-state index contributed by atoms with van der Waals surface area (Å²) < 4.78 is 42.7. The van der Waals surface area contributed by atoms with Gasteiger partial charge in [0.2, 0.25) is 31.3 Å². The number of thioether (sulfide) groups is 1. The number of nitrogens with one attached hydrogen (secondary N) is 1. The summed E-state index contributed by atoms with van der Waals surface area (Å²) in [6.45, 7) is 4.48. The van der Waals surface area contributed by atoms with E-state index in [1.807, 2.05) is 0 Å². The van der Waals surface area contributed by atoms with Crippen LogP contribution in [0.3, 0.4) is 0 Å². The number of amides is 3. The number of carbonyl (C=O) groups excluding carboxylic acids is 7. The number of rotatable bonds is 14. The zero-order valence-corrected chi connectivity index (χ0v) is 30.1. The SMILES string of the molecule is CC1(C)S[C@@H]2[C@H](NC(=O)C(N=[N+]=[N-])c3ccccc3)C(=O)N2[C@H]1C(=O)OCOC(=O)CCCC(=O)OCOC(=O)[C@@H]1N2C(=O)C[C@H]2S(=O)(=O)C1(C)C. The lowest BCUT2D eigenvalue weighted by atomic mass is 9.95. The number of ether oxygens (including phenoxy) is 4. The molecule has 1 N–H and O–H groups in total. The topological polar surface area (TPSA) is 258 Å². The Labute approximate surface area is 301 Å². The number of azide groups is 1. The number of carbonyl (C=O) groups is 7. The van der Waals surface area contributed by atoms with Crippen LogP contribution in [0.2, 0.25) is 0 Å². The summed E-state index contributed by atoms with van der Waals surface area (Å²) >= 11 is 1.27. The molecule has 0 saturated carbocycles. The molecule has 0 spiro atoms. The second-order valence-corrected chi connectivity index (χ2v) is 17.8. The minimum absolute atomic E-state index is 0.0361. The average molecular weight is 765 g/mol. The molecule has 0 radical (unpaired) electrons. The van der Waals surface area contributed by atoms with E-state index in [0.29, 0.717) is 5.56 Å². The number of sulfone groups is 1. The molecule has 0 aliphatic carbocycles. The van der Waals surface area contributed by atoms with Crippen LogP contribution >= 0.6 is 11.8 Å². The van der Waals surface area contributed by atoms with Gasteiger partial charge in [-0.15, -0.1) is 11.8 Å². The average Bonchev–Trinajstić information content (AvgIpc) is 3.40. The molecule has 1 unspecified atom stereocenters. The highest BCUT2D eigenvalue weighted by Crippen LogP contribution is 2.51. The van der Waals surface area contributed by atoms with Crippen molar-refractivity contribution in [3.05, 3.63) is 46.3 Å². The van der Waals surface area contributed by atoms with Gasteiger partial charge in [-0.05, 0) is 45.2 Å². The molecule has 6 atom stereocenters. The molecule has 0 bridgehead atoms. The third-order valence-electron chi connectivity index (χ3n) is 9.30. The first-order chi connectivity index (χ1) is 24.4. The third-order valence-corrected chi connectivity index (χ3v) is 13.7. The van der Waals surface area contributed by atoms with E-state index in [1.54, 1.807) is 44.2 Å². The molecular formula is C31H36N6O13S2. The normalized spacial score (nSPS) is 26.3. The van der Waals surface area contributed by atoms with E-state index in [9.17, 15) is 42.0 Å². The summed E-state index contributed by atoms with van der Waals surface area (Å²) in [6.07, 6.45) is -0.792. The van der Waals surface area contributed by atoms with Crippen LogP contribution in [0, 0.1) is 0 Å². The van der Waals surface area contributed by atoms with Gasteiger partial charge >= 0.3 is 23.9 Å². The van der Waals surface area contributed by atoms with Crippen LogP contribution in [0.1, 0.15) is 65.0 Å². The Kier molecular flexibility index (Phi) is 10.8. The van der Waals surface area contributed by atoms with Crippen LogP contribution in [0.15, 0.2) is 35.4 Å². The van der Waals surface area contributed by atoms with E-state index in [-0.39, 0.29) is 25.7 Å². The Morgan fingerprint density at radius 1 is 0.942 bits per heavy atom. The predicted molar refractivity (Wildman–Crippen MR) is 176 cm³/mol. The summed E-state index contributed by atoms with van der Waals surface area (Å²) in [5.41, 5.74) is 9.40. The standard InChI is InChI=1S/C31H36N6O13S2/c1-30(2)23(37-26(42)22(27(37)51-30)33-25(41)21(34-35-32)16-9-6-5-7-10-16)28(43)49-14-47-19(39)11-8-12-20(40)48-15-50-29(44)24-31(3,4)52(45,46)18-13-17(38)36(18)24/h5-7,9-10,18,21-24,27H,8,11-15H2,1-4H3,(H,33,41)/t18-,21?,22-,23+,24+,27-/m1/s1. The summed E-state index contributed by atoms with van der Waals surface area (Å²) in [5.74, 6) is -5.23. The fraction of sp³-hybridized carbons (Fsp3) is 0.581. The molecule has 3 amide bonds. The van der Waals surface area contributed by atoms with Crippen molar-refractivity contribution in [2.75, 3.05) is 13.6 Å². The number of nitrogens with zero attached hydrogens (tertiary/aromatic N) is 5. The van der Waals surface area contributed by atoms with Crippen molar-refractivity contribution < 1.29 is 60.9 Å². The number of benzene rings is 1.